The number of nitriles is 1. The Bertz CT molecular complexity index is 988. The molecule has 13 heteroatoms. The van der Waals surface area contributed by atoms with Crippen LogP contribution in [0.3, 0.4) is 0 Å². The molecule has 8 nitrogen and oxygen atoms in total. The molecule has 2 rings (SSSR count). The molecule has 2 aromatic rings. The Morgan fingerprint density at radius 1 is 1.00 bits per heavy atom. The van der Waals surface area contributed by atoms with Gasteiger partial charge in [0.1, 0.15) is 20.1 Å². The summed E-state index contributed by atoms with van der Waals surface area (Å²) in [7, 11) is 2.58. The van der Waals surface area contributed by atoms with Gasteiger partial charge in [-0.2, -0.15) is 5.26 Å². The molecule has 0 bridgehead atoms. The van der Waals surface area contributed by atoms with Crippen molar-refractivity contribution in [1.29, 1.82) is 10.5 Å². The fourth-order valence-electron chi connectivity index (χ4n) is 1.77. The summed E-state index contributed by atoms with van der Waals surface area (Å²) in [6.45, 7) is 8.24. The maximum atomic E-state index is 11.2. The van der Waals surface area contributed by atoms with Gasteiger partial charge in [-0.15, -0.1) is 0 Å². The maximum absolute atomic E-state index is 11.2. The van der Waals surface area contributed by atoms with Crippen molar-refractivity contribution >= 4 is 57.7 Å². The molecule has 0 aliphatic carbocycles. The van der Waals surface area contributed by atoms with Crippen LogP contribution >= 0.6 is 45.8 Å². The van der Waals surface area contributed by atoms with Crippen LogP contribution in [0.15, 0.2) is 12.1 Å². The quantitative estimate of drug-likeness (QED) is 0.138. The molecule has 0 unspecified atom stereocenters. The third-order valence-electron chi connectivity index (χ3n) is 3.17. The second kappa shape index (κ2) is 19.6. The molecule has 0 N–H and O–H groups in total. The van der Waals surface area contributed by atoms with E-state index < -0.39 is 11.9 Å². The molecule has 0 spiro atoms. The summed E-state index contributed by atoms with van der Waals surface area (Å²) in [5, 5.41) is 15.6. The Morgan fingerprint density at radius 2 is 1.38 bits per heavy atom. The van der Waals surface area contributed by atoms with Gasteiger partial charge in [0.05, 0.1) is 25.3 Å². The van der Waals surface area contributed by atoms with E-state index in [1.54, 1.807) is 26.0 Å². The molecule has 174 valence electrons. The van der Waals surface area contributed by atoms with Crippen LogP contribution < -0.4 is 0 Å². The van der Waals surface area contributed by atoms with Crippen molar-refractivity contribution < 1.29 is 67.2 Å². The second-order valence-corrected chi connectivity index (χ2v) is 6.76. The van der Waals surface area contributed by atoms with E-state index in [1.807, 2.05) is 22.6 Å². The van der Waals surface area contributed by atoms with Gasteiger partial charge >= 0.3 is 29.0 Å². The van der Waals surface area contributed by atoms with Crippen molar-refractivity contribution in [3.05, 3.63) is 60.7 Å². The Morgan fingerprint density at radius 3 is 1.78 bits per heavy atom. The first kappa shape index (κ1) is 38.4. The average molecular weight is 866 g/mol. The van der Waals surface area contributed by atoms with Gasteiger partial charge in [0.15, 0.2) is 5.69 Å². The van der Waals surface area contributed by atoms with Gasteiger partial charge in [0.2, 0.25) is 0 Å². The van der Waals surface area contributed by atoms with Crippen molar-refractivity contribution in [3.8, 4) is 6.07 Å². The van der Waals surface area contributed by atoms with Gasteiger partial charge in [-0.25, -0.2) is 19.6 Å². The van der Waals surface area contributed by atoms with Gasteiger partial charge in [0, 0.05) is 31.1 Å². The summed E-state index contributed by atoms with van der Waals surface area (Å²) >= 11 is 13.4. The number of hydrogen-bond donors (Lipinski definition) is 0. The number of carbonyl (C=O) groups is 2. The SMILES string of the molecule is C.COC(=O)c1cc(C)c(Cl)nc1C#N.COC(=O)c1cc(C)c(Cl)nc1I.[C-]#N.[Cu+].[U]. The number of aryl methyl sites for hydroxylation is 2. The number of carbonyl (C=O) groups excluding carboxylic acids is 2. The summed E-state index contributed by atoms with van der Waals surface area (Å²) in [4.78, 5) is 30.1. The summed E-state index contributed by atoms with van der Waals surface area (Å²) in [5.74, 6) is -0.981. The van der Waals surface area contributed by atoms with Gasteiger partial charge in [-0.05, 0) is 59.7 Å². The van der Waals surface area contributed by atoms with Crippen LogP contribution in [-0.4, -0.2) is 36.1 Å². The van der Waals surface area contributed by atoms with E-state index >= 15 is 0 Å². The van der Waals surface area contributed by atoms with Crippen LogP contribution in [0.1, 0.15) is 45.0 Å². The summed E-state index contributed by atoms with van der Waals surface area (Å²) in [6, 6.07) is 4.94. The van der Waals surface area contributed by atoms with Crippen molar-refractivity contribution in [2.45, 2.75) is 21.3 Å². The van der Waals surface area contributed by atoms with Gasteiger partial charge < -0.3 is 21.3 Å². The van der Waals surface area contributed by atoms with Crippen molar-refractivity contribution in [1.82, 2.24) is 9.97 Å². The fourth-order valence-corrected chi connectivity index (χ4v) is 2.80. The minimum absolute atomic E-state index is 0. The molecule has 0 fully saturated rings. The summed E-state index contributed by atoms with van der Waals surface area (Å²) in [5.41, 5.74) is 1.96. The Labute approximate surface area is 245 Å². The first-order valence-corrected chi connectivity index (χ1v) is 9.28. The molecule has 0 saturated carbocycles. The predicted octanol–water partition coefficient (Wildman–Crippen LogP) is 4.87. The molecule has 0 aliphatic rings. The molecule has 0 saturated heterocycles. The molecular weight excluding hydrogens is 848 g/mol. The second-order valence-electron chi connectivity index (χ2n) is 5.02. The minimum Gasteiger partial charge on any atom is -0.512 e. The molecule has 0 atom stereocenters. The van der Waals surface area contributed by atoms with E-state index in [0.29, 0.717) is 20.0 Å². The number of esters is 2. The predicted molar refractivity (Wildman–Crippen MR) is 120 cm³/mol. The molecule has 0 radical (unpaired) electrons. The molecule has 2 heterocycles. The molecule has 0 amide bonds. The van der Waals surface area contributed by atoms with Crippen LogP contribution in [0.4, 0.5) is 0 Å². The number of nitrogens with zero attached hydrogens (tertiary/aromatic N) is 4. The number of ether oxygens (including phenoxy) is 2. The molecule has 32 heavy (non-hydrogen) atoms. The Hall–Kier alpha value is -0.899. The Kier molecular flexibility index (Phi) is 23.5. The average Bonchev–Trinajstić information content (AvgIpc) is 2.73. The summed E-state index contributed by atoms with van der Waals surface area (Å²) in [6.07, 6.45) is 0. The third kappa shape index (κ3) is 11.3. The van der Waals surface area contributed by atoms with Gasteiger partial charge in [-0.1, -0.05) is 30.6 Å². The normalized spacial score (nSPS) is 8.12. The van der Waals surface area contributed by atoms with Gasteiger partial charge in [0.25, 0.3) is 0 Å². The zero-order valence-corrected chi connectivity index (χ0v) is 25.3. The molecule has 0 aliphatic heterocycles. The Balaban J connectivity index is -0.000000209. The zero-order chi connectivity index (χ0) is 22.7. The van der Waals surface area contributed by atoms with Crippen molar-refractivity contribution in [3.63, 3.8) is 0 Å². The number of aromatic nitrogens is 2. The first-order valence-electron chi connectivity index (χ1n) is 7.45. The van der Waals surface area contributed by atoms with Crippen LogP contribution in [0.25, 0.3) is 0 Å². The first-order chi connectivity index (χ1) is 13.7. The van der Waals surface area contributed by atoms with Crippen LogP contribution in [0.5, 0.6) is 0 Å². The molecular formula is C19H18Cl2CuIN4O4U. The topological polar surface area (TPSA) is 126 Å². The van der Waals surface area contributed by atoms with Gasteiger partial charge in [-0.3, -0.25) is 0 Å². The maximum Gasteiger partial charge on any atom is 1.00 e. The third-order valence-corrected chi connectivity index (χ3v) is 4.76. The van der Waals surface area contributed by atoms with E-state index in [1.165, 1.54) is 20.3 Å². The van der Waals surface area contributed by atoms with E-state index in [2.05, 4.69) is 19.4 Å². The molecule has 2 aromatic heterocycles. The van der Waals surface area contributed by atoms with Crippen molar-refractivity contribution in [2.75, 3.05) is 14.2 Å². The number of hydrogen-bond acceptors (Lipinski definition) is 8. The minimum atomic E-state index is -0.589. The van der Waals surface area contributed by atoms with E-state index in [0.717, 1.165) is 5.56 Å². The van der Waals surface area contributed by atoms with E-state index in [-0.39, 0.29) is 72.0 Å². The zero-order valence-electron chi connectivity index (χ0n) is 16.5. The van der Waals surface area contributed by atoms with Crippen LogP contribution in [0.2, 0.25) is 10.3 Å². The smallest absolute Gasteiger partial charge is 0.512 e. The largest absolute Gasteiger partial charge is 1.00 e. The monoisotopic (exact) mass is 864 g/mol. The van der Waals surface area contributed by atoms with Crippen LogP contribution in [-0.2, 0) is 26.5 Å². The summed E-state index contributed by atoms with van der Waals surface area (Å²) < 4.78 is 9.64. The van der Waals surface area contributed by atoms with Crippen molar-refractivity contribution in [2.24, 2.45) is 0 Å². The van der Waals surface area contributed by atoms with E-state index in [9.17, 15) is 9.59 Å². The fraction of sp³-hybridized carbons (Fsp3) is 0.263. The standard InChI is InChI=1S/C9H7ClN2O2.C8H7ClINO2.CN.CH4.Cu.U/c1-5-3-6(9(13)14-2)7(4-11)12-8(5)10;1-4-3-5(8(12)13-2)7(10)11-6(4)9;1-2;;;/h3H,1-2H3;3H,1-2H3;;1H4;;/q;;-1;;+1;. The van der Waals surface area contributed by atoms with Crippen LogP contribution in [0, 0.1) is 71.8 Å². The molecule has 0 aromatic carbocycles. The number of methoxy groups -OCH3 is 2. The number of pyridine rings is 2. The van der Waals surface area contributed by atoms with E-state index in [4.69, 9.17) is 40.3 Å². The number of rotatable bonds is 2. The number of halogens is 3.